The molecule has 1 aliphatic rings. The van der Waals surface area contributed by atoms with E-state index in [1.54, 1.807) is 25.3 Å². The molecule has 0 radical (unpaired) electrons. The number of fused-ring (bicyclic) bond motifs is 1. The number of benzene rings is 2. The molecule has 1 saturated heterocycles. The molecule has 0 unspecified atom stereocenters. The number of methoxy groups -OCH3 is 1. The Labute approximate surface area is 208 Å². The number of nitriles is 1. The predicted octanol–water partition coefficient (Wildman–Crippen LogP) is 4.77. The number of rotatable bonds is 10. The van der Waals surface area contributed by atoms with Gasteiger partial charge in [0.25, 0.3) is 0 Å². The lowest BCUT2D eigenvalue weighted by atomic mass is 10.1. The summed E-state index contributed by atoms with van der Waals surface area (Å²) in [4.78, 5) is 22.4. The number of halogens is 1. The molecule has 1 aliphatic heterocycles. The lowest BCUT2D eigenvalue weighted by Crippen LogP contribution is -2.35. The van der Waals surface area contributed by atoms with E-state index in [0.717, 1.165) is 29.6 Å². The normalized spacial score (nSPS) is 15.6. The number of hydrogen-bond donors (Lipinski definition) is 2. The van der Waals surface area contributed by atoms with E-state index in [2.05, 4.69) is 21.4 Å². The Morgan fingerprint density at radius 2 is 2.17 bits per heavy atom. The van der Waals surface area contributed by atoms with E-state index in [4.69, 9.17) is 26.3 Å². The minimum Gasteiger partial charge on any atom is -0.493 e. The van der Waals surface area contributed by atoms with Crippen LogP contribution in [0.4, 0.5) is 11.5 Å². The summed E-state index contributed by atoms with van der Waals surface area (Å²) in [6, 6.07) is 10.7. The number of aliphatic carboxylic acids is 1. The zero-order valence-electron chi connectivity index (χ0n) is 19.3. The fourth-order valence-corrected chi connectivity index (χ4v) is 4.39. The molecule has 0 bridgehead atoms. The Hall–Kier alpha value is -3.61. The molecular formula is C25H26ClN5O4. The highest BCUT2D eigenvalue weighted by molar-refractivity contribution is 6.30. The van der Waals surface area contributed by atoms with E-state index >= 15 is 0 Å². The average molecular weight is 496 g/mol. The highest BCUT2D eigenvalue weighted by Crippen LogP contribution is 2.36. The van der Waals surface area contributed by atoms with Gasteiger partial charge in [-0.1, -0.05) is 17.7 Å². The van der Waals surface area contributed by atoms with Gasteiger partial charge in [0.2, 0.25) is 0 Å². The van der Waals surface area contributed by atoms with Crippen LogP contribution in [0.25, 0.3) is 10.9 Å². The molecule has 1 fully saturated rings. The Morgan fingerprint density at radius 3 is 2.94 bits per heavy atom. The van der Waals surface area contributed by atoms with Crippen LogP contribution in [0.2, 0.25) is 5.02 Å². The second-order valence-electron chi connectivity index (χ2n) is 8.25. The molecule has 0 saturated carbocycles. The molecule has 182 valence electrons. The maximum Gasteiger partial charge on any atom is 0.320 e. The summed E-state index contributed by atoms with van der Waals surface area (Å²) in [5, 5.41) is 23.0. The average Bonchev–Trinajstić information content (AvgIpc) is 3.32. The maximum atomic E-state index is 11.6. The van der Waals surface area contributed by atoms with E-state index in [9.17, 15) is 9.90 Å². The van der Waals surface area contributed by atoms with Crippen molar-refractivity contribution in [1.82, 2.24) is 14.9 Å². The van der Waals surface area contributed by atoms with E-state index < -0.39 is 12.0 Å². The molecule has 10 heteroatoms. The van der Waals surface area contributed by atoms with Crippen LogP contribution in [-0.2, 0) is 11.3 Å². The Morgan fingerprint density at radius 1 is 1.31 bits per heavy atom. The molecule has 9 nitrogen and oxygen atoms in total. The van der Waals surface area contributed by atoms with Crippen LogP contribution >= 0.6 is 11.6 Å². The Kier molecular flexibility index (Phi) is 7.85. The molecular weight excluding hydrogens is 470 g/mol. The zero-order chi connectivity index (χ0) is 24.8. The van der Waals surface area contributed by atoms with Gasteiger partial charge in [-0.3, -0.25) is 9.69 Å². The molecule has 0 spiro atoms. The molecule has 35 heavy (non-hydrogen) atoms. The maximum absolute atomic E-state index is 11.6. The first-order valence-electron chi connectivity index (χ1n) is 11.3. The number of ether oxygens (including phenoxy) is 2. The number of anilines is 2. The molecule has 1 atom stereocenters. The highest BCUT2D eigenvalue weighted by Gasteiger charge is 2.30. The number of likely N-dealkylation sites (tertiary alicyclic amines) is 1. The van der Waals surface area contributed by atoms with Crippen molar-refractivity contribution in [2.75, 3.05) is 25.6 Å². The van der Waals surface area contributed by atoms with E-state index in [-0.39, 0.29) is 0 Å². The summed E-state index contributed by atoms with van der Waals surface area (Å²) in [6.45, 7) is 1.58. The quantitative estimate of drug-likeness (QED) is 0.383. The predicted molar refractivity (Wildman–Crippen MR) is 132 cm³/mol. The number of carbonyl (C=O) groups is 1. The number of nitrogens with zero attached hydrogens (tertiary/aromatic N) is 4. The first kappa shape index (κ1) is 24.5. The SMILES string of the molecule is COc1cc2ncnc(Nc3cc(Cl)ccc3CN3CCC[C@H]3C(=O)O)c2cc1OCCCC#N. The van der Waals surface area contributed by atoms with Crippen molar-refractivity contribution in [2.24, 2.45) is 0 Å². The van der Waals surface area contributed by atoms with Gasteiger partial charge in [-0.25, -0.2) is 9.97 Å². The standard InChI is InChI=1S/C25H26ClN5O4/c1-34-22-13-20-18(12-23(22)35-10-3-2-8-27)24(29-15-28-20)30-19-11-17(26)7-6-16(19)14-31-9-4-5-21(31)25(32)33/h6-7,11-13,15,21H,2-5,9-10,14H2,1H3,(H,32,33)(H,28,29,30)/t21-/m0/s1. The van der Waals surface area contributed by atoms with Crippen molar-refractivity contribution in [2.45, 2.75) is 38.3 Å². The molecule has 0 aliphatic carbocycles. The van der Waals surface area contributed by atoms with Crippen LogP contribution in [0.3, 0.4) is 0 Å². The van der Waals surface area contributed by atoms with Crippen LogP contribution in [0.15, 0.2) is 36.7 Å². The number of aromatic nitrogens is 2. The first-order chi connectivity index (χ1) is 17.0. The number of nitrogens with one attached hydrogen (secondary N) is 1. The molecule has 1 aromatic heterocycles. The minimum absolute atomic E-state index is 0.380. The topological polar surface area (TPSA) is 121 Å². The molecule has 3 aromatic rings. The largest absolute Gasteiger partial charge is 0.493 e. The second kappa shape index (κ2) is 11.2. The van der Waals surface area contributed by atoms with Gasteiger partial charge >= 0.3 is 5.97 Å². The number of carboxylic acids is 1. The van der Waals surface area contributed by atoms with Crippen molar-refractivity contribution in [3.8, 4) is 17.6 Å². The fourth-order valence-electron chi connectivity index (χ4n) is 4.21. The summed E-state index contributed by atoms with van der Waals surface area (Å²) >= 11 is 6.30. The first-order valence-corrected chi connectivity index (χ1v) is 11.7. The van der Waals surface area contributed by atoms with E-state index in [1.165, 1.54) is 6.33 Å². The smallest absolute Gasteiger partial charge is 0.320 e. The van der Waals surface area contributed by atoms with E-state index in [0.29, 0.717) is 60.3 Å². The molecule has 0 amide bonds. The molecule has 2 N–H and O–H groups in total. The Balaban J connectivity index is 1.65. The number of hydrogen-bond acceptors (Lipinski definition) is 8. The summed E-state index contributed by atoms with van der Waals surface area (Å²) in [6.07, 6.45) is 3.96. The highest BCUT2D eigenvalue weighted by atomic mass is 35.5. The third kappa shape index (κ3) is 5.73. The third-order valence-electron chi connectivity index (χ3n) is 5.96. The van der Waals surface area contributed by atoms with Crippen LogP contribution in [0.5, 0.6) is 11.5 Å². The summed E-state index contributed by atoms with van der Waals surface area (Å²) in [7, 11) is 1.56. The van der Waals surface area contributed by atoms with Crippen molar-refractivity contribution < 1.29 is 19.4 Å². The van der Waals surface area contributed by atoms with Gasteiger partial charge in [-0.2, -0.15) is 5.26 Å². The third-order valence-corrected chi connectivity index (χ3v) is 6.19. The number of carboxylic acid groups (broad SMARTS) is 1. The van der Waals surface area contributed by atoms with Crippen molar-refractivity contribution in [1.29, 1.82) is 5.26 Å². The van der Waals surface area contributed by atoms with E-state index in [1.807, 2.05) is 17.0 Å². The van der Waals surface area contributed by atoms with Gasteiger partial charge < -0.3 is 19.9 Å². The fraction of sp³-hybridized carbons (Fsp3) is 0.360. The van der Waals surface area contributed by atoms with Gasteiger partial charge in [0.15, 0.2) is 11.5 Å². The van der Waals surface area contributed by atoms with Crippen LogP contribution in [-0.4, -0.2) is 52.2 Å². The summed E-state index contributed by atoms with van der Waals surface area (Å²) in [5.74, 6) is 0.822. The number of unbranched alkanes of at least 4 members (excludes halogenated alkanes) is 1. The van der Waals surface area contributed by atoms with Crippen molar-refractivity contribution >= 4 is 40.0 Å². The molecule has 2 aromatic carbocycles. The zero-order valence-corrected chi connectivity index (χ0v) is 20.1. The van der Waals surface area contributed by atoms with Crippen LogP contribution in [0.1, 0.15) is 31.2 Å². The van der Waals surface area contributed by atoms with Gasteiger partial charge in [0, 0.05) is 35.1 Å². The lowest BCUT2D eigenvalue weighted by molar-refractivity contribution is -0.142. The lowest BCUT2D eigenvalue weighted by Gasteiger charge is -2.23. The Bertz CT molecular complexity index is 1260. The van der Waals surface area contributed by atoms with Crippen molar-refractivity contribution in [3.63, 3.8) is 0 Å². The molecule has 2 heterocycles. The minimum atomic E-state index is -0.802. The van der Waals surface area contributed by atoms with Gasteiger partial charge in [-0.05, 0) is 49.6 Å². The molecule has 4 rings (SSSR count). The monoisotopic (exact) mass is 495 g/mol. The second-order valence-corrected chi connectivity index (χ2v) is 8.68. The summed E-state index contributed by atoms with van der Waals surface area (Å²) < 4.78 is 11.3. The van der Waals surface area contributed by atoms with Crippen molar-refractivity contribution in [3.05, 3.63) is 47.2 Å². The summed E-state index contributed by atoms with van der Waals surface area (Å²) in [5.41, 5.74) is 2.31. The van der Waals surface area contributed by atoms with Gasteiger partial charge in [-0.15, -0.1) is 0 Å². The van der Waals surface area contributed by atoms with Gasteiger partial charge in [0.05, 0.1) is 25.3 Å². The van der Waals surface area contributed by atoms with Crippen LogP contribution < -0.4 is 14.8 Å². The van der Waals surface area contributed by atoms with Crippen LogP contribution in [0, 0.1) is 11.3 Å². The van der Waals surface area contributed by atoms with Gasteiger partial charge in [0.1, 0.15) is 18.2 Å².